The first-order valence-corrected chi connectivity index (χ1v) is 10.2. The van der Waals surface area contributed by atoms with Crippen molar-refractivity contribution >= 4 is 11.1 Å². The molecule has 0 N–H and O–H groups in total. The Balaban J connectivity index is 1.99. The molecule has 0 radical (unpaired) electrons. The number of benzene rings is 2. The average molecular weight is 343 g/mol. The highest BCUT2D eigenvalue weighted by Gasteiger charge is 2.31. The first-order chi connectivity index (χ1) is 12.6. The molecule has 0 heteroatoms. The van der Waals surface area contributed by atoms with Crippen molar-refractivity contribution in [2.24, 2.45) is 17.8 Å². The van der Waals surface area contributed by atoms with Gasteiger partial charge in [0, 0.05) is 5.92 Å². The van der Waals surface area contributed by atoms with E-state index in [1.165, 1.54) is 28.7 Å². The topological polar surface area (TPSA) is 0 Å². The average Bonchev–Trinajstić information content (AvgIpc) is 3.05. The second kappa shape index (κ2) is 6.91. The van der Waals surface area contributed by atoms with E-state index in [9.17, 15) is 0 Å². The highest BCUT2D eigenvalue weighted by atomic mass is 14.3. The van der Waals surface area contributed by atoms with E-state index in [0.29, 0.717) is 23.7 Å². The zero-order chi connectivity index (χ0) is 18.3. The monoisotopic (exact) mass is 342 g/mol. The van der Waals surface area contributed by atoms with Crippen molar-refractivity contribution in [1.29, 1.82) is 0 Å². The van der Waals surface area contributed by atoms with E-state index >= 15 is 0 Å². The number of allylic oxidation sites excluding steroid dienone is 4. The third-order valence-corrected chi connectivity index (χ3v) is 6.03. The minimum absolute atomic E-state index is 0.511. The fourth-order valence-corrected chi connectivity index (χ4v) is 4.89. The van der Waals surface area contributed by atoms with E-state index < -0.39 is 0 Å². The molecule has 2 aromatic carbocycles. The first kappa shape index (κ1) is 17.3. The molecule has 0 heterocycles. The Labute approximate surface area is 158 Å². The summed E-state index contributed by atoms with van der Waals surface area (Å²) in [4.78, 5) is 0. The normalized spacial score (nSPS) is 21.5. The maximum atomic E-state index is 2.44. The standard InChI is InChI=1S/C26H30/c1-17(2)15-20-16-19-9-5-6-10-22(19)25-14-13-21(18(3)4)26(25)24-12-8-7-11-23(20)24/h5-14,17-18,20-21H,15-16H2,1-4H3. The van der Waals surface area contributed by atoms with Gasteiger partial charge in [-0.15, -0.1) is 0 Å². The molecule has 0 saturated carbocycles. The molecule has 0 aromatic heterocycles. The smallest absolute Gasteiger partial charge is 0.00565 e. The van der Waals surface area contributed by atoms with Crippen LogP contribution in [-0.4, -0.2) is 0 Å². The van der Waals surface area contributed by atoms with Crippen molar-refractivity contribution in [3.8, 4) is 0 Å². The van der Waals surface area contributed by atoms with Crippen molar-refractivity contribution in [3.05, 3.63) is 82.9 Å². The van der Waals surface area contributed by atoms with Crippen molar-refractivity contribution in [3.63, 3.8) is 0 Å². The van der Waals surface area contributed by atoms with Crippen LogP contribution < -0.4 is 0 Å². The largest absolute Gasteiger partial charge is 0.0761 e. The SMILES string of the molecule is CC(C)CC1Cc2ccccc2C2=C(c3ccccc31)C(C(C)C)C=C2. The highest BCUT2D eigenvalue weighted by molar-refractivity contribution is 6.01. The highest BCUT2D eigenvalue weighted by Crippen LogP contribution is 2.48. The maximum Gasteiger partial charge on any atom is 0.00565 e. The van der Waals surface area contributed by atoms with Crippen LogP contribution in [0.15, 0.2) is 60.7 Å². The first-order valence-electron chi connectivity index (χ1n) is 10.2. The molecule has 2 aliphatic rings. The Bertz CT molecular complexity index is 863. The second-order valence-corrected chi connectivity index (χ2v) is 8.73. The van der Waals surface area contributed by atoms with Crippen molar-refractivity contribution < 1.29 is 0 Å². The van der Waals surface area contributed by atoms with E-state index in [-0.39, 0.29) is 0 Å². The summed E-state index contributed by atoms with van der Waals surface area (Å²) in [5.74, 6) is 2.42. The Morgan fingerprint density at radius 1 is 0.885 bits per heavy atom. The van der Waals surface area contributed by atoms with Crippen molar-refractivity contribution in [2.75, 3.05) is 0 Å². The van der Waals surface area contributed by atoms with Crippen molar-refractivity contribution in [2.45, 2.75) is 46.5 Å². The molecule has 2 atom stereocenters. The Kier molecular flexibility index (Phi) is 4.61. The van der Waals surface area contributed by atoms with Gasteiger partial charge >= 0.3 is 0 Å². The zero-order valence-corrected chi connectivity index (χ0v) is 16.5. The van der Waals surface area contributed by atoms with Gasteiger partial charge in [-0.25, -0.2) is 0 Å². The van der Waals surface area contributed by atoms with Crippen LogP contribution in [0, 0.1) is 17.8 Å². The molecule has 0 spiro atoms. The summed E-state index contributed by atoms with van der Waals surface area (Å²) in [6, 6.07) is 18.3. The molecule has 26 heavy (non-hydrogen) atoms. The number of fused-ring (bicyclic) bond motifs is 4. The summed E-state index contributed by atoms with van der Waals surface area (Å²) in [7, 11) is 0. The molecule has 0 amide bonds. The van der Waals surface area contributed by atoms with Crippen LogP contribution in [0.2, 0.25) is 0 Å². The summed E-state index contributed by atoms with van der Waals surface area (Å²) < 4.78 is 0. The maximum absolute atomic E-state index is 2.44. The van der Waals surface area contributed by atoms with Crippen LogP contribution in [-0.2, 0) is 6.42 Å². The molecule has 0 nitrogen and oxygen atoms in total. The van der Waals surface area contributed by atoms with Gasteiger partial charge in [0.05, 0.1) is 0 Å². The molecule has 2 unspecified atom stereocenters. The number of rotatable bonds is 3. The molecule has 0 saturated heterocycles. The van der Waals surface area contributed by atoms with E-state index in [4.69, 9.17) is 0 Å². The minimum atomic E-state index is 0.511. The number of hydrogen-bond donors (Lipinski definition) is 0. The lowest BCUT2D eigenvalue weighted by molar-refractivity contribution is 0.494. The van der Waals surface area contributed by atoms with E-state index in [0.717, 1.165) is 6.42 Å². The van der Waals surface area contributed by atoms with Gasteiger partial charge in [-0.05, 0) is 64.0 Å². The molecular formula is C26H30. The molecule has 2 aliphatic carbocycles. The quantitative estimate of drug-likeness (QED) is 0.557. The summed E-state index contributed by atoms with van der Waals surface area (Å²) in [5, 5.41) is 0. The molecule has 0 bridgehead atoms. The number of hydrogen-bond acceptors (Lipinski definition) is 0. The van der Waals surface area contributed by atoms with E-state index in [1.807, 2.05) is 0 Å². The minimum Gasteiger partial charge on any atom is -0.0761 e. The van der Waals surface area contributed by atoms with Gasteiger partial charge in [0.1, 0.15) is 0 Å². The molecule has 4 rings (SSSR count). The zero-order valence-electron chi connectivity index (χ0n) is 16.5. The summed E-state index contributed by atoms with van der Waals surface area (Å²) >= 11 is 0. The van der Waals surface area contributed by atoms with Crippen LogP contribution >= 0.6 is 0 Å². The van der Waals surface area contributed by atoms with Gasteiger partial charge in [0.2, 0.25) is 0 Å². The third kappa shape index (κ3) is 2.96. The molecule has 0 fully saturated rings. The lowest BCUT2D eigenvalue weighted by Crippen LogP contribution is -2.15. The molecule has 2 aromatic rings. The molecule has 134 valence electrons. The fourth-order valence-electron chi connectivity index (χ4n) is 4.89. The Morgan fingerprint density at radius 2 is 1.58 bits per heavy atom. The van der Waals surface area contributed by atoms with Gasteiger partial charge in [0.25, 0.3) is 0 Å². The third-order valence-electron chi connectivity index (χ3n) is 6.03. The molecular weight excluding hydrogens is 312 g/mol. The predicted molar refractivity (Wildman–Crippen MR) is 113 cm³/mol. The lowest BCUT2D eigenvalue weighted by atomic mass is 9.74. The molecule has 0 aliphatic heterocycles. The Morgan fingerprint density at radius 3 is 2.31 bits per heavy atom. The van der Waals surface area contributed by atoms with Crippen molar-refractivity contribution in [1.82, 2.24) is 0 Å². The van der Waals surface area contributed by atoms with Gasteiger partial charge in [-0.3, -0.25) is 0 Å². The van der Waals surface area contributed by atoms with Crippen LogP contribution in [0.5, 0.6) is 0 Å². The van der Waals surface area contributed by atoms with E-state index in [1.54, 1.807) is 11.1 Å². The van der Waals surface area contributed by atoms with Crippen LogP contribution in [0.4, 0.5) is 0 Å². The van der Waals surface area contributed by atoms with Gasteiger partial charge in [-0.2, -0.15) is 0 Å². The van der Waals surface area contributed by atoms with Gasteiger partial charge in [-0.1, -0.05) is 88.4 Å². The van der Waals surface area contributed by atoms with Gasteiger partial charge < -0.3 is 0 Å². The predicted octanol–water partition coefficient (Wildman–Crippen LogP) is 7.13. The summed E-state index contributed by atoms with van der Waals surface area (Å²) in [6.07, 6.45) is 7.21. The summed E-state index contributed by atoms with van der Waals surface area (Å²) in [5.41, 5.74) is 9.01. The van der Waals surface area contributed by atoms with Crippen LogP contribution in [0.25, 0.3) is 11.1 Å². The van der Waals surface area contributed by atoms with Gasteiger partial charge in [0.15, 0.2) is 0 Å². The second-order valence-electron chi connectivity index (χ2n) is 8.73. The van der Waals surface area contributed by atoms with Crippen LogP contribution in [0.3, 0.4) is 0 Å². The Hall–Kier alpha value is -2.08. The summed E-state index contributed by atoms with van der Waals surface area (Å²) in [6.45, 7) is 9.41. The lowest BCUT2D eigenvalue weighted by Gasteiger charge is -2.30. The van der Waals surface area contributed by atoms with E-state index in [2.05, 4.69) is 88.4 Å². The fraction of sp³-hybridized carbons (Fsp3) is 0.385. The van der Waals surface area contributed by atoms with Crippen LogP contribution in [0.1, 0.15) is 62.3 Å².